The fourth-order valence-corrected chi connectivity index (χ4v) is 3.36. The highest BCUT2D eigenvalue weighted by molar-refractivity contribution is 6.16. The van der Waals surface area contributed by atoms with Crippen LogP contribution in [0, 0.1) is 6.92 Å². The number of carbonyl (C=O) groups excluding carboxylic acids is 2. The van der Waals surface area contributed by atoms with Crippen molar-refractivity contribution in [2.45, 2.75) is 51.2 Å². The van der Waals surface area contributed by atoms with Gasteiger partial charge in [-0.3, -0.25) is 4.79 Å². The molecule has 0 fully saturated rings. The van der Waals surface area contributed by atoms with Crippen LogP contribution >= 0.6 is 0 Å². The third-order valence-corrected chi connectivity index (χ3v) is 4.43. The van der Waals surface area contributed by atoms with Gasteiger partial charge in [0.1, 0.15) is 12.2 Å². The van der Waals surface area contributed by atoms with E-state index in [-0.39, 0.29) is 12.5 Å². The number of aliphatic hydroxyl groups excluding tert-OH is 1. The fraction of sp³-hybridized carbons (Fsp3) is 0.500. The van der Waals surface area contributed by atoms with Crippen LogP contribution in [0.5, 0.6) is 0 Å². The quantitative estimate of drug-likeness (QED) is 0.771. The highest BCUT2D eigenvalue weighted by Gasteiger charge is 2.58. The molecule has 6 heteroatoms. The summed E-state index contributed by atoms with van der Waals surface area (Å²) < 4.78 is 6.78. The Morgan fingerprint density at radius 3 is 2.79 bits per heavy atom. The molecule has 0 saturated heterocycles. The van der Waals surface area contributed by atoms with Crippen molar-refractivity contribution in [3.63, 3.8) is 0 Å². The molecule has 2 atom stereocenters. The van der Waals surface area contributed by atoms with E-state index in [2.05, 4.69) is 5.32 Å². The molecule has 0 radical (unpaired) electrons. The molecule has 1 spiro atoms. The molecule has 6 nitrogen and oxygen atoms in total. The average Bonchev–Trinajstić information content (AvgIpc) is 2.99. The van der Waals surface area contributed by atoms with Crippen LogP contribution in [-0.4, -0.2) is 46.1 Å². The van der Waals surface area contributed by atoms with Gasteiger partial charge in [-0.05, 0) is 33.8 Å². The van der Waals surface area contributed by atoms with E-state index in [0.717, 1.165) is 16.8 Å². The van der Waals surface area contributed by atoms with Crippen LogP contribution in [0.25, 0.3) is 0 Å². The molecule has 1 aromatic rings. The normalized spacial score (nSPS) is 25.5. The first-order valence-corrected chi connectivity index (χ1v) is 8.07. The summed E-state index contributed by atoms with van der Waals surface area (Å²) in [4.78, 5) is 25.2. The van der Waals surface area contributed by atoms with Crippen LogP contribution in [0.15, 0.2) is 18.2 Å². The number of fused-ring (bicyclic) bond motifs is 2. The Bertz CT molecular complexity index is 748. The standard InChI is InChI=1S/C18H22N2O4/c1-11-5-6-14-13(7-11)18(15(22)19-14)8-12(9-21)20(10-18)16(23)24-17(2,3)4/h5-7,10,12,21H,8-9H2,1-4H3/p+1/t12-,18-/m0/s1. The molecular weight excluding hydrogens is 308 g/mol. The lowest BCUT2D eigenvalue weighted by molar-refractivity contribution is -0.482. The van der Waals surface area contributed by atoms with Gasteiger partial charge in [0, 0.05) is 17.7 Å². The predicted molar refractivity (Wildman–Crippen MR) is 89.5 cm³/mol. The Balaban J connectivity index is 2.06. The van der Waals surface area contributed by atoms with E-state index in [9.17, 15) is 14.7 Å². The maximum atomic E-state index is 12.7. The van der Waals surface area contributed by atoms with Crippen molar-refractivity contribution in [2.24, 2.45) is 0 Å². The molecule has 0 aromatic heterocycles. The summed E-state index contributed by atoms with van der Waals surface area (Å²) in [5.41, 5.74) is 1.05. The maximum Gasteiger partial charge on any atom is 0.596 e. The molecule has 128 valence electrons. The Labute approximate surface area is 141 Å². The number of anilines is 1. The molecule has 0 aliphatic carbocycles. The van der Waals surface area contributed by atoms with Crippen LogP contribution in [-0.2, 0) is 14.9 Å². The summed E-state index contributed by atoms with van der Waals surface area (Å²) in [6.07, 6.45) is 1.40. The number of ether oxygens (including phenoxy) is 1. The van der Waals surface area contributed by atoms with Crippen LogP contribution < -0.4 is 5.32 Å². The zero-order chi connectivity index (χ0) is 17.7. The van der Waals surface area contributed by atoms with Crippen molar-refractivity contribution in [3.05, 3.63) is 29.3 Å². The Morgan fingerprint density at radius 2 is 2.17 bits per heavy atom. The van der Waals surface area contributed by atoms with Crippen molar-refractivity contribution >= 4 is 23.9 Å². The van der Waals surface area contributed by atoms with Gasteiger partial charge >= 0.3 is 6.09 Å². The molecule has 0 saturated carbocycles. The summed E-state index contributed by atoms with van der Waals surface area (Å²) >= 11 is 0. The second kappa shape index (κ2) is 5.41. The Hall–Kier alpha value is -2.21. The molecule has 24 heavy (non-hydrogen) atoms. The molecule has 2 aliphatic rings. The van der Waals surface area contributed by atoms with Gasteiger partial charge in [0.2, 0.25) is 5.91 Å². The van der Waals surface area contributed by atoms with Gasteiger partial charge in [0.15, 0.2) is 17.7 Å². The summed E-state index contributed by atoms with van der Waals surface area (Å²) in [7, 11) is 0. The molecule has 2 amide bonds. The molecule has 2 N–H and O–H groups in total. The molecule has 2 heterocycles. The number of nitrogens with one attached hydrogen (secondary N) is 1. The van der Waals surface area contributed by atoms with E-state index < -0.39 is 23.2 Å². The van der Waals surface area contributed by atoms with E-state index in [0.29, 0.717) is 6.42 Å². The Kier molecular flexibility index (Phi) is 3.75. The van der Waals surface area contributed by atoms with Crippen LogP contribution in [0.4, 0.5) is 10.5 Å². The second-order valence-electron chi connectivity index (χ2n) is 7.53. The van der Waals surface area contributed by atoms with Crippen LogP contribution in [0.3, 0.4) is 0 Å². The van der Waals surface area contributed by atoms with E-state index in [1.165, 1.54) is 4.58 Å². The summed E-state index contributed by atoms with van der Waals surface area (Å²) in [6.45, 7) is 7.08. The Morgan fingerprint density at radius 1 is 1.46 bits per heavy atom. The van der Waals surface area contributed by atoms with Gasteiger partial charge in [-0.15, -0.1) is 4.58 Å². The third kappa shape index (κ3) is 2.60. The monoisotopic (exact) mass is 331 g/mol. The fourth-order valence-electron chi connectivity index (χ4n) is 3.36. The van der Waals surface area contributed by atoms with Crippen LogP contribution in [0.1, 0.15) is 38.3 Å². The molecule has 0 unspecified atom stereocenters. The van der Waals surface area contributed by atoms with E-state index in [1.807, 2.05) is 25.1 Å². The molecular formula is C18H23N2O4+. The van der Waals surface area contributed by atoms with Crippen molar-refractivity contribution in [1.82, 2.24) is 0 Å². The lowest BCUT2D eigenvalue weighted by atomic mass is 9.79. The van der Waals surface area contributed by atoms with Gasteiger partial charge in [-0.2, -0.15) is 4.79 Å². The average molecular weight is 331 g/mol. The summed E-state index contributed by atoms with van der Waals surface area (Å²) in [6, 6.07) is 5.27. The maximum absolute atomic E-state index is 12.7. The highest BCUT2D eigenvalue weighted by atomic mass is 16.6. The van der Waals surface area contributed by atoms with Crippen molar-refractivity contribution in [3.8, 4) is 0 Å². The zero-order valence-corrected chi connectivity index (χ0v) is 14.4. The number of aliphatic hydroxyl groups is 1. The summed E-state index contributed by atoms with van der Waals surface area (Å²) in [5, 5.41) is 12.6. The molecule has 2 aliphatic heterocycles. The van der Waals surface area contributed by atoms with Crippen LogP contribution in [0.2, 0.25) is 0 Å². The molecule has 3 rings (SSSR count). The minimum Gasteiger partial charge on any atom is -0.406 e. The first kappa shape index (κ1) is 16.6. The smallest absolute Gasteiger partial charge is 0.406 e. The van der Waals surface area contributed by atoms with Gasteiger partial charge in [-0.25, -0.2) is 0 Å². The van der Waals surface area contributed by atoms with Gasteiger partial charge in [0.05, 0.1) is 0 Å². The number of nitrogens with zero attached hydrogens (tertiary/aromatic N) is 1. The lowest BCUT2D eigenvalue weighted by Crippen LogP contribution is -2.36. The molecule has 1 aromatic carbocycles. The zero-order valence-electron chi connectivity index (χ0n) is 14.4. The van der Waals surface area contributed by atoms with Gasteiger partial charge in [-0.1, -0.05) is 17.7 Å². The van der Waals surface area contributed by atoms with E-state index in [4.69, 9.17) is 4.74 Å². The number of aryl methyl sites for hydroxylation is 1. The van der Waals surface area contributed by atoms with Gasteiger partial charge in [0.25, 0.3) is 0 Å². The third-order valence-electron chi connectivity index (χ3n) is 4.43. The number of hydrogen-bond donors (Lipinski definition) is 2. The number of amides is 2. The lowest BCUT2D eigenvalue weighted by Gasteiger charge is -2.17. The minimum atomic E-state index is -0.939. The summed E-state index contributed by atoms with van der Waals surface area (Å²) in [5.74, 6) is -0.174. The first-order valence-electron chi connectivity index (χ1n) is 8.07. The van der Waals surface area contributed by atoms with Crippen molar-refractivity contribution in [2.75, 3.05) is 11.9 Å². The number of carbonyl (C=O) groups is 2. The van der Waals surface area contributed by atoms with E-state index in [1.54, 1.807) is 27.0 Å². The highest BCUT2D eigenvalue weighted by Crippen LogP contribution is 2.43. The topological polar surface area (TPSA) is 78.6 Å². The molecule has 0 bridgehead atoms. The SMILES string of the molecule is Cc1ccc2c(c1)[C@]1(C=[N+](C(=O)OC(C)(C)C)[C@H](CO)C1)C(=O)N2. The van der Waals surface area contributed by atoms with Gasteiger partial charge < -0.3 is 15.2 Å². The largest absolute Gasteiger partial charge is 0.596 e. The first-order chi connectivity index (χ1) is 11.2. The second-order valence-corrected chi connectivity index (χ2v) is 7.53. The van der Waals surface area contributed by atoms with E-state index >= 15 is 0 Å². The number of hydrogen-bond acceptors (Lipinski definition) is 4. The minimum absolute atomic E-state index is 0.174. The van der Waals surface area contributed by atoms with Crippen molar-refractivity contribution in [1.29, 1.82) is 0 Å². The number of benzene rings is 1. The predicted octanol–water partition coefficient (Wildman–Crippen LogP) is 1.97. The number of rotatable bonds is 1. The van der Waals surface area contributed by atoms with Crippen molar-refractivity contribution < 1.29 is 24.0 Å².